The fraction of sp³-hybridized carbons (Fsp3) is 0.214. The van der Waals surface area contributed by atoms with Crippen molar-refractivity contribution in [2.24, 2.45) is 4.99 Å². The molecule has 3 rings (SSSR count). The molecule has 0 bridgehead atoms. The second kappa shape index (κ2) is 6.68. The third-order valence-electron chi connectivity index (χ3n) is 2.86. The van der Waals surface area contributed by atoms with E-state index in [4.69, 9.17) is 17.3 Å². The Morgan fingerprint density at radius 1 is 1.24 bits per heavy atom. The summed E-state index contributed by atoms with van der Waals surface area (Å²) in [6.45, 7) is 0. The van der Waals surface area contributed by atoms with Gasteiger partial charge in [0, 0.05) is 17.2 Å². The fourth-order valence-corrected chi connectivity index (χ4v) is 4.03. The lowest BCUT2D eigenvalue weighted by molar-refractivity contribution is 0.972. The molecule has 0 saturated carbocycles. The molecule has 1 aromatic heterocycles. The number of fused-ring (bicyclic) bond motifs is 1. The van der Waals surface area contributed by atoms with Gasteiger partial charge in [0.2, 0.25) is 5.95 Å². The predicted molar refractivity (Wildman–Crippen MR) is 91.0 cm³/mol. The maximum atomic E-state index is 5.89. The SMILES string of the molecule is Nc1nc2c(c(SCc3ccccc3)n1)N=C(CCl)CS2. The number of aromatic nitrogens is 2. The van der Waals surface area contributed by atoms with E-state index < -0.39 is 0 Å². The minimum absolute atomic E-state index is 0.293. The molecule has 2 heterocycles. The third-order valence-corrected chi connectivity index (χ3v) is 5.24. The summed E-state index contributed by atoms with van der Waals surface area (Å²) in [5, 5.41) is 1.66. The number of hydrogen-bond donors (Lipinski definition) is 1. The maximum Gasteiger partial charge on any atom is 0.222 e. The van der Waals surface area contributed by atoms with E-state index in [1.54, 1.807) is 23.5 Å². The molecule has 1 aromatic carbocycles. The molecule has 0 saturated heterocycles. The van der Waals surface area contributed by atoms with Gasteiger partial charge in [-0.2, -0.15) is 0 Å². The molecule has 7 heteroatoms. The molecule has 0 unspecified atom stereocenters. The Kier molecular flexibility index (Phi) is 4.67. The number of nitrogens with two attached hydrogens (primary N) is 1. The Labute approximate surface area is 136 Å². The first-order valence-corrected chi connectivity index (χ1v) is 8.86. The monoisotopic (exact) mass is 336 g/mol. The summed E-state index contributed by atoms with van der Waals surface area (Å²) in [5.41, 5.74) is 8.78. The molecule has 2 N–H and O–H groups in total. The highest BCUT2D eigenvalue weighted by Crippen LogP contribution is 2.40. The second-order valence-electron chi connectivity index (χ2n) is 4.42. The summed E-state index contributed by atoms with van der Waals surface area (Å²) in [6, 6.07) is 10.2. The summed E-state index contributed by atoms with van der Waals surface area (Å²) in [5.74, 6) is 2.30. The first-order valence-electron chi connectivity index (χ1n) is 6.35. The standard InChI is InChI=1S/C14H13ClN4S2/c15-6-10-8-21-13-11(17-10)12(18-14(16)19-13)20-7-9-4-2-1-3-5-9/h1-5H,6-8H2,(H2,16,18,19). The van der Waals surface area contributed by atoms with Gasteiger partial charge >= 0.3 is 0 Å². The zero-order valence-corrected chi connectivity index (χ0v) is 13.5. The van der Waals surface area contributed by atoms with E-state index >= 15 is 0 Å². The number of rotatable bonds is 4. The highest BCUT2D eigenvalue weighted by molar-refractivity contribution is 8.00. The molecular weight excluding hydrogens is 324 g/mol. The van der Waals surface area contributed by atoms with E-state index in [-0.39, 0.29) is 0 Å². The molecule has 0 amide bonds. The number of nitrogen functional groups attached to an aromatic ring is 1. The second-order valence-corrected chi connectivity index (χ2v) is 6.61. The largest absolute Gasteiger partial charge is 0.368 e. The van der Waals surface area contributed by atoms with Crippen LogP contribution in [0.5, 0.6) is 0 Å². The Morgan fingerprint density at radius 3 is 2.81 bits per heavy atom. The van der Waals surface area contributed by atoms with E-state index in [1.807, 2.05) is 18.2 Å². The van der Waals surface area contributed by atoms with E-state index in [0.29, 0.717) is 11.8 Å². The van der Waals surface area contributed by atoms with Gasteiger partial charge in [-0.15, -0.1) is 11.6 Å². The van der Waals surface area contributed by atoms with Crippen LogP contribution in [0.3, 0.4) is 0 Å². The van der Waals surface area contributed by atoms with Gasteiger partial charge in [-0.3, -0.25) is 0 Å². The van der Waals surface area contributed by atoms with Crippen LogP contribution in [-0.2, 0) is 5.75 Å². The topological polar surface area (TPSA) is 64.2 Å². The van der Waals surface area contributed by atoms with Crippen molar-refractivity contribution in [3.8, 4) is 0 Å². The summed E-state index contributed by atoms with van der Waals surface area (Å²) < 4.78 is 0. The average Bonchev–Trinajstić information content (AvgIpc) is 2.53. The highest BCUT2D eigenvalue weighted by atomic mass is 35.5. The Hall–Kier alpha value is -1.24. The lowest BCUT2D eigenvalue weighted by Gasteiger charge is -2.15. The Bertz CT molecular complexity index is 676. The van der Waals surface area contributed by atoms with Crippen molar-refractivity contribution in [2.45, 2.75) is 15.8 Å². The van der Waals surface area contributed by atoms with Crippen molar-refractivity contribution >= 4 is 52.5 Å². The number of hydrogen-bond acceptors (Lipinski definition) is 6. The van der Waals surface area contributed by atoms with Crippen molar-refractivity contribution in [1.82, 2.24) is 9.97 Å². The molecule has 0 fully saturated rings. The number of aliphatic imine (C=N–C) groups is 1. The molecule has 0 spiro atoms. The summed E-state index contributed by atoms with van der Waals surface area (Å²) in [6.07, 6.45) is 0. The van der Waals surface area contributed by atoms with Gasteiger partial charge in [0.15, 0.2) is 0 Å². The van der Waals surface area contributed by atoms with E-state index in [1.165, 1.54) is 5.56 Å². The quantitative estimate of drug-likeness (QED) is 0.523. The van der Waals surface area contributed by atoms with Crippen LogP contribution in [0.1, 0.15) is 5.56 Å². The molecule has 1 aliphatic rings. The number of anilines is 1. The van der Waals surface area contributed by atoms with E-state index in [9.17, 15) is 0 Å². The molecule has 4 nitrogen and oxygen atoms in total. The molecule has 21 heavy (non-hydrogen) atoms. The first kappa shape index (κ1) is 14.7. The van der Waals surface area contributed by atoms with Crippen LogP contribution in [0.2, 0.25) is 0 Å². The fourth-order valence-electron chi connectivity index (χ4n) is 1.86. The van der Waals surface area contributed by atoms with Crippen molar-refractivity contribution in [1.29, 1.82) is 0 Å². The lowest BCUT2D eigenvalue weighted by atomic mass is 10.2. The van der Waals surface area contributed by atoms with Crippen molar-refractivity contribution in [3.05, 3.63) is 35.9 Å². The number of benzene rings is 1. The van der Waals surface area contributed by atoms with Gasteiger partial charge < -0.3 is 5.73 Å². The molecule has 108 valence electrons. The zero-order chi connectivity index (χ0) is 14.7. The number of alkyl halides is 1. The van der Waals surface area contributed by atoms with Gasteiger partial charge in [0.05, 0.1) is 5.88 Å². The van der Waals surface area contributed by atoms with Crippen molar-refractivity contribution in [2.75, 3.05) is 17.4 Å². The van der Waals surface area contributed by atoms with Crippen LogP contribution in [0.4, 0.5) is 11.6 Å². The normalized spacial score (nSPS) is 13.7. The van der Waals surface area contributed by atoms with E-state index in [2.05, 4.69) is 27.1 Å². The Morgan fingerprint density at radius 2 is 2.05 bits per heavy atom. The third kappa shape index (κ3) is 3.51. The van der Waals surface area contributed by atoms with Crippen molar-refractivity contribution < 1.29 is 0 Å². The van der Waals surface area contributed by atoms with E-state index in [0.717, 1.165) is 33.0 Å². The van der Waals surface area contributed by atoms with Gasteiger partial charge in [0.25, 0.3) is 0 Å². The van der Waals surface area contributed by atoms with Crippen molar-refractivity contribution in [3.63, 3.8) is 0 Å². The van der Waals surface area contributed by atoms with Crippen LogP contribution in [0, 0.1) is 0 Å². The van der Waals surface area contributed by atoms with Crippen LogP contribution < -0.4 is 5.73 Å². The van der Waals surface area contributed by atoms with Gasteiger partial charge in [-0.1, -0.05) is 53.9 Å². The van der Waals surface area contributed by atoms with Crippen LogP contribution in [0.25, 0.3) is 0 Å². The first-order chi connectivity index (χ1) is 10.3. The zero-order valence-electron chi connectivity index (χ0n) is 11.1. The molecule has 2 aromatic rings. The summed E-state index contributed by atoms with van der Waals surface area (Å²) in [7, 11) is 0. The summed E-state index contributed by atoms with van der Waals surface area (Å²) in [4.78, 5) is 13.2. The van der Waals surface area contributed by atoms with Crippen LogP contribution in [0.15, 0.2) is 45.4 Å². The number of halogens is 1. The predicted octanol–water partition coefficient (Wildman–Crippen LogP) is 3.77. The molecule has 0 atom stereocenters. The minimum atomic E-state index is 0.293. The number of nitrogens with zero attached hydrogens (tertiary/aromatic N) is 3. The van der Waals surface area contributed by atoms with Gasteiger partial charge in [0.1, 0.15) is 15.7 Å². The average molecular weight is 337 g/mol. The maximum absolute atomic E-state index is 5.89. The lowest BCUT2D eigenvalue weighted by Crippen LogP contribution is -2.10. The smallest absolute Gasteiger partial charge is 0.222 e. The molecule has 1 aliphatic heterocycles. The Balaban J connectivity index is 1.88. The molecular formula is C14H13ClN4S2. The molecule has 0 aliphatic carbocycles. The highest BCUT2D eigenvalue weighted by Gasteiger charge is 2.19. The summed E-state index contributed by atoms with van der Waals surface area (Å²) >= 11 is 9.12. The van der Waals surface area contributed by atoms with Crippen LogP contribution in [-0.4, -0.2) is 27.3 Å². The van der Waals surface area contributed by atoms with Gasteiger partial charge in [-0.05, 0) is 5.56 Å². The van der Waals surface area contributed by atoms with Crippen LogP contribution >= 0.6 is 35.1 Å². The van der Waals surface area contributed by atoms with Gasteiger partial charge in [-0.25, -0.2) is 15.0 Å². The molecule has 0 radical (unpaired) electrons. The number of thioether (sulfide) groups is 2. The minimum Gasteiger partial charge on any atom is -0.368 e.